The molecule has 2 heterocycles. The second kappa shape index (κ2) is 3.49. The molecule has 15 heavy (non-hydrogen) atoms. The maximum atomic E-state index is 4.58. The third-order valence-electron chi connectivity index (χ3n) is 3.08. The zero-order valence-electron chi connectivity index (χ0n) is 8.81. The molecule has 2 nitrogen and oxygen atoms in total. The molecule has 0 spiro atoms. The van der Waals surface area contributed by atoms with E-state index in [0.29, 0.717) is 0 Å². The lowest BCUT2D eigenvalue weighted by Crippen LogP contribution is -2.19. The van der Waals surface area contributed by atoms with E-state index in [1.165, 1.54) is 22.3 Å². The normalized spacial score (nSPS) is 21.4. The minimum Gasteiger partial charge on any atom is -0.355 e. The summed E-state index contributed by atoms with van der Waals surface area (Å²) in [5.41, 5.74) is 0. The second-order valence-corrected chi connectivity index (χ2v) is 5.15. The van der Waals surface area contributed by atoms with Crippen LogP contribution in [-0.2, 0) is 0 Å². The Morgan fingerprint density at radius 1 is 1.40 bits per heavy atom. The smallest absolute Gasteiger partial charge is 0.150 e. The van der Waals surface area contributed by atoms with Gasteiger partial charge in [-0.1, -0.05) is 19.1 Å². The molecule has 2 aromatic rings. The van der Waals surface area contributed by atoms with Crippen LogP contribution in [0.3, 0.4) is 0 Å². The maximum Gasteiger partial charge on any atom is 0.150 e. The first-order valence-corrected chi connectivity index (χ1v) is 6.21. The molecular weight excluding hydrogens is 204 g/mol. The van der Waals surface area contributed by atoms with E-state index in [-0.39, 0.29) is 0 Å². The molecule has 1 aliphatic heterocycles. The average Bonchev–Trinajstić information content (AvgIpc) is 2.83. The molecule has 1 aliphatic rings. The molecule has 1 saturated heterocycles. The van der Waals surface area contributed by atoms with Gasteiger partial charge in [0.1, 0.15) is 5.82 Å². The minimum atomic E-state index is 0.811. The summed E-state index contributed by atoms with van der Waals surface area (Å²) in [6, 6.07) is 8.50. The molecule has 0 saturated carbocycles. The predicted molar refractivity (Wildman–Crippen MR) is 65.6 cm³/mol. The summed E-state index contributed by atoms with van der Waals surface area (Å²) >= 11 is 1.61. The van der Waals surface area contributed by atoms with Crippen LogP contribution in [0.2, 0.25) is 0 Å². The number of aromatic nitrogens is 1. The van der Waals surface area contributed by atoms with E-state index in [0.717, 1.165) is 19.0 Å². The number of rotatable bonds is 1. The molecule has 0 N–H and O–H groups in total. The van der Waals surface area contributed by atoms with Crippen molar-refractivity contribution in [3.63, 3.8) is 0 Å². The van der Waals surface area contributed by atoms with Crippen LogP contribution in [0.4, 0.5) is 5.82 Å². The monoisotopic (exact) mass is 218 g/mol. The molecule has 0 radical (unpaired) electrons. The predicted octanol–water partition coefficient (Wildman–Crippen LogP) is 3.14. The number of hydrogen-bond acceptors (Lipinski definition) is 3. The molecule has 1 aromatic heterocycles. The van der Waals surface area contributed by atoms with Gasteiger partial charge in [0.2, 0.25) is 0 Å². The van der Waals surface area contributed by atoms with Crippen molar-refractivity contribution < 1.29 is 0 Å². The number of fused-ring (bicyclic) bond motifs is 1. The van der Waals surface area contributed by atoms with E-state index in [1.54, 1.807) is 11.5 Å². The highest BCUT2D eigenvalue weighted by atomic mass is 32.1. The van der Waals surface area contributed by atoms with Gasteiger partial charge in [-0.05, 0) is 36.0 Å². The molecule has 1 atom stereocenters. The Labute approximate surface area is 93.7 Å². The van der Waals surface area contributed by atoms with Crippen LogP contribution in [0.5, 0.6) is 0 Å². The largest absolute Gasteiger partial charge is 0.355 e. The molecule has 1 unspecified atom stereocenters. The molecular formula is C12H14N2S. The van der Waals surface area contributed by atoms with Gasteiger partial charge < -0.3 is 4.90 Å². The summed E-state index contributed by atoms with van der Waals surface area (Å²) in [6.07, 6.45) is 1.30. The van der Waals surface area contributed by atoms with E-state index in [4.69, 9.17) is 0 Å². The van der Waals surface area contributed by atoms with Crippen molar-refractivity contribution in [2.45, 2.75) is 13.3 Å². The highest BCUT2D eigenvalue weighted by Gasteiger charge is 2.22. The first-order chi connectivity index (χ1) is 7.34. The van der Waals surface area contributed by atoms with Gasteiger partial charge in [0.05, 0.1) is 4.70 Å². The number of benzene rings is 1. The molecule has 78 valence electrons. The van der Waals surface area contributed by atoms with Gasteiger partial charge in [0.15, 0.2) is 0 Å². The number of nitrogens with zero attached hydrogens (tertiary/aromatic N) is 2. The molecule has 0 amide bonds. The van der Waals surface area contributed by atoms with Crippen LogP contribution >= 0.6 is 11.5 Å². The maximum absolute atomic E-state index is 4.58. The van der Waals surface area contributed by atoms with Crippen molar-refractivity contribution >= 4 is 27.4 Å². The highest BCUT2D eigenvalue weighted by Crippen LogP contribution is 2.32. The Bertz CT molecular complexity index is 477. The van der Waals surface area contributed by atoms with Gasteiger partial charge in [-0.2, -0.15) is 4.37 Å². The van der Waals surface area contributed by atoms with Gasteiger partial charge in [0.25, 0.3) is 0 Å². The standard InChI is InChI=1S/C12H14N2S/c1-9-6-7-14(8-9)12-10-4-2-3-5-11(10)15-13-12/h2-5,9H,6-8H2,1H3. The van der Waals surface area contributed by atoms with Gasteiger partial charge >= 0.3 is 0 Å². The fraction of sp³-hybridized carbons (Fsp3) is 0.417. The summed E-state index contributed by atoms with van der Waals surface area (Å²) in [5.74, 6) is 2.01. The Morgan fingerprint density at radius 3 is 3.07 bits per heavy atom. The zero-order chi connectivity index (χ0) is 10.3. The summed E-state index contributed by atoms with van der Waals surface area (Å²) in [7, 11) is 0. The molecule has 0 aliphatic carbocycles. The van der Waals surface area contributed by atoms with E-state index < -0.39 is 0 Å². The summed E-state index contributed by atoms with van der Waals surface area (Å²) in [5, 5.41) is 1.32. The fourth-order valence-corrected chi connectivity index (χ4v) is 3.02. The van der Waals surface area contributed by atoms with Crippen LogP contribution in [0, 0.1) is 5.92 Å². The molecule has 1 aromatic carbocycles. The van der Waals surface area contributed by atoms with E-state index >= 15 is 0 Å². The van der Waals surface area contributed by atoms with Crippen molar-refractivity contribution in [3.05, 3.63) is 24.3 Å². The van der Waals surface area contributed by atoms with E-state index in [2.05, 4.69) is 40.5 Å². The Kier molecular flexibility index (Phi) is 2.13. The Morgan fingerprint density at radius 2 is 2.27 bits per heavy atom. The number of anilines is 1. The quantitative estimate of drug-likeness (QED) is 0.731. The van der Waals surface area contributed by atoms with Crippen molar-refractivity contribution in [1.29, 1.82) is 0 Å². The summed E-state index contributed by atoms with van der Waals surface area (Å²) < 4.78 is 5.88. The summed E-state index contributed by atoms with van der Waals surface area (Å²) in [4.78, 5) is 2.42. The molecule has 1 fully saturated rings. The van der Waals surface area contributed by atoms with Gasteiger partial charge in [0, 0.05) is 18.5 Å². The van der Waals surface area contributed by atoms with Crippen molar-refractivity contribution in [3.8, 4) is 0 Å². The van der Waals surface area contributed by atoms with Crippen molar-refractivity contribution in [2.24, 2.45) is 5.92 Å². The van der Waals surface area contributed by atoms with Crippen LogP contribution in [-0.4, -0.2) is 17.5 Å². The average molecular weight is 218 g/mol. The van der Waals surface area contributed by atoms with Crippen molar-refractivity contribution in [1.82, 2.24) is 4.37 Å². The lowest BCUT2D eigenvalue weighted by atomic mass is 10.2. The van der Waals surface area contributed by atoms with Crippen LogP contribution in [0.15, 0.2) is 24.3 Å². The van der Waals surface area contributed by atoms with Gasteiger partial charge in [-0.25, -0.2) is 0 Å². The topological polar surface area (TPSA) is 16.1 Å². The fourth-order valence-electron chi connectivity index (χ4n) is 2.23. The van der Waals surface area contributed by atoms with Crippen molar-refractivity contribution in [2.75, 3.05) is 18.0 Å². The SMILES string of the molecule is CC1CCN(c2nsc3ccccc23)C1. The zero-order valence-corrected chi connectivity index (χ0v) is 9.63. The Balaban J connectivity index is 2.04. The first-order valence-electron chi connectivity index (χ1n) is 5.44. The van der Waals surface area contributed by atoms with E-state index in [9.17, 15) is 0 Å². The number of hydrogen-bond donors (Lipinski definition) is 0. The Hall–Kier alpha value is -1.09. The lowest BCUT2D eigenvalue weighted by molar-refractivity contribution is 0.659. The third-order valence-corrected chi connectivity index (χ3v) is 3.90. The molecule has 3 rings (SSSR count). The second-order valence-electron chi connectivity index (χ2n) is 4.34. The van der Waals surface area contributed by atoms with Crippen LogP contribution < -0.4 is 4.90 Å². The third kappa shape index (κ3) is 1.51. The minimum absolute atomic E-state index is 0.811. The van der Waals surface area contributed by atoms with Crippen LogP contribution in [0.25, 0.3) is 10.1 Å². The van der Waals surface area contributed by atoms with Gasteiger partial charge in [-0.15, -0.1) is 0 Å². The molecule has 0 bridgehead atoms. The van der Waals surface area contributed by atoms with Crippen LogP contribution in [0.1, 0.15) is 13.3 Å². The lowest BCUT2D eigenvalue weighted by Gasteiger charge is -2.14. The molecule has 3 heteroatoms. The summed E-state index contributed by atoms with van der Waals surface area (Å²) in [6.45, 7) is 4.64. The highest BCUT2D eigenvalue weighted by molar-refractivity contribution is 7.13. The van der Waals surface area contributed by atoms with Gasteiger partial charge in [-0.3, -0.25) is 0 Å². The van der Waals surface area contributed by atoms with E-state index in [1.807, 2.05) is 0 Å². The first kappa shape index (κ1) is 9.16.